The van der Waals surface area contributed by atoms with Crippen molar-refractivity contribution in [3.05, 3.63) is 18.0 Å². The molecular weight excluding hydrogens is 190 g/mol. The number of ether oxygens (including phenoxy) is 1. The van der Waals surface area contributed by atoms with Crippen LogP contribution in [0.5, 0.6) is 0 Å². The monoisotopic (exact) mass is 211 g/mol. The average Bonchev–Trinajstić information content (AvgIpc) is 2.59. The molecule has 2 N–H and O–H groups in total. The van der Waals surface area contributed by atoms with E-state index >= 15 is 0 Å². The lowest BCUT2D eigenvalue weighted by Crippen LogP contribution is -2.17. The van der Waals surface area contributed by atoms with Crippen LogP contribution in [0.25, 0.3) is 0 Å². The Bertz CT molecular complexity index is 271. The second kappa shape index (κ2) is 6.58. The molecule has 1 rings (SSSR count). The van der Waals surface area contributed by atoms with Crippen LogP contribution in [0.15, 0.2) is 12.4 Å². The summed E-state index contributed by atoms with van der Waals surface area (Å²) in [5.41, 5.74) is 6.93. The molecule has 1 aromatic heterocycles. The highest BCUT2D eigenvalue weighted by Gasteiger charge is 2.01. The van der Waals surface area contributed by atoms with Crippen LogP contribution in [0.2, 0.25) is 0 Å². The van der Waals surface area contributed by atoms with E-state index in [0.717, 1.165) is 32.6 Å². The fourth-order valence-corrected chi connectivity index (χ4v) is 1.48. The maximum absolute atomic E-state index is 5.72. The maximum Gasteiger partial charge on any atom is 0.0522 e. The Morgan fingerprint density at radius 1 is 1.60 bits per heavy atom. The van der Waals surface area contributed by atoms with Gasteiger partial charge < -0.3 is 10.5 Å². The lowest BCUT2D eigenvalue weighted by atomic mass is 10.1. The smallest absolute Gasteiger partial charge is 0.0522 e. The van der Waals surface area contributed by atoms with Crippen molar-refractivity contribution in [2.75, 3.05) is 13.2 Å². The first-order chi connectivity index (χ1) is 7.22. The predicted octanol–water partition coefficient (Wildman–Crippen LogP) is 1.20. The zero-order valence-corrected chi connectivity index (χ0v) is 9.65. The van der Waals surface area contributed by atoms with Gasteiger partial charge in [-0.1, -0.05) is 0 Å². The summed E-state index contributed by atoms with van der Waals surface area (Å²) in [6.07, 6.45) is 5.86. The molecule has 0 saturated carbocycles. The second-order valence-corrected chi connectivity index (χ2v) is 3.84. The molecule has 86 valence electrons. The number of nitrogens with zero attached hydrogens (tertiary/aromatic N) is 2. The minimum Gasteiger partial charge on any atom is -0.382 e. The molecule has 0 spiro atoms. The number of rotatable bonds is 7. The van der Waals surface area contributed by atoms with E-state index in [9.17, 15) is 0 Å². The topological polar surface area (TPSA) is 53.1 Å². The van der Waals surface area contributed by atoms with E-state index in [-0.39, 0.29) is 6.04 Å². The molecule has 0 aromatic carbocycles. The maximum atomic E-state index is 5.72. The Morgan fingerprint density at radius 3 is 3.07 bits per heavy atom. The van der Waals surface area contributed by atoms with E-state index in [2.05, 4.69) is 11.3 Å². The number of aryl methyl sites for hydroxylation is 1. The molecule has 0 radical (unpaired) electrons. The Kier molecular flexibility index (Phi) is 5.36. The van der Waals surface area contributed by atoms with E-state index < -0.39 is 0 Å². The quantitative estimate of drug-likeness (QED) is 0.689. The number of hydrogen-bond donors (Lipinski definition) is 1. The third kappa shape index (κ3) is 4.95. The summed E-state index contributed by atoms with van der Waals surface area (Å²) in [6, 6.07) is 0.200. The van der Waals surface area contributed by atoms with Gasteiger partial charge in [0, 0.05) is 32.0 Å². The van der Waals surface area contributed by atoms with E-state index in [1.165, 1.54) is 5.56 Å². The van der Waals surface area contributed by atoms with Crippen LogP contribution >= 0.6 is 0 Å². The minimum atomic E-state index is 0.200. The zero-order valence-electron chi connectivity index (χ0n) is 9.65. The number of nitrogens with two attached hydrogens (primary N) is 1. The third-order valence-electron chi connectivity index (χ3n) is 2.12. The number of aromatic nitrogens is 2. The van der Waals surface area contributed by atoms with Gasteiger partial charge in [-0.25, -0.2) is 0 Å². The molecule has 1 heterocycles. The summed E-state index contributed by atoms with van der Waals surface area (Å²) < 4.78 is 7.22. The van der Waals surface area contributed by atoms with E-state index in [0.29, 0.717) is 0 Å². The summed E-state index contributed by atoms with van der Waals surface area (Å²) in [6.45, 7) is 6.52. The lowest BCUT2D eigenvalue weighted by molar-refractivity contribution is 0.141. The SMILES string of the molecule is CCOCCCn1cc(CC(C)N)cn1. The van der Waals surface area contributed by atoms with Crippen molar-refractivity contribution in [3.8, 4) is 0 Å². The Morgan fingerprint density at radius 2 is 2.40 bits per heavy atom. The van der Waals surface area contributed by atoms with Gasteiger partial charge in [0.2, 0.25) is 0 Å². The van der Waals surface area contributed by atoms with Crippen LogP contribution < -0.4 is 5.73 Å². The molecule has 4 heteroatoms. The molecule has 1 aromatic rings. The summed E-state index contributed by atoms with van der Waals surface area (Å²) in [5.74, 6) is 0. The van der Waals surface area contributed by atoms with E-state index in [4.69, 9.17) is 10.5 Å². The van der Waals surface area contributed by atoms with Gasteiger partial charge in [0.1, 0.15) is 0 Å². The third-order valence-corrected chi connectivity index (χ3v) is 2.12. The Labute approximate surface area is 91.4 Å². The van der Waals surface area contributed by atoms with Crippen LogP contribution in [-0.4, -0.2) is 29.0 Å². The van der Waals surface area contributed by atoms with Gasteiger partial charge in [0.25, 0.3) is 0 Å². The van der Waals surface area contributed by atoms with Crippen molar-refractivity contribution >= 4 is 0 Å². The van der Waals surface area contributed by atoms with Gasteiger partial charge in [0.05, 0.1) is 6.20 Å². The first-order valence-electron chi connectivity index (χ1n) is 5.57. The van der Waals surface area contributed by atoms with Gasteiger partial charge in [-0.2, -0.15) is 5.10 Å². The minimum absolute atomic E-state index is 0.200. The molecule has 4 nitrogen and oxygen atoms in total. The highest BCUT2D eigenvalue weighted by Crippen LogP contribution is 2.01. The average molecular weight is 211 g/mol. The van der Waals surface area contributed by atoms with Gasteiger partial charge in [-0.15, -0.1) is 0 Å². The molecule has 0 saturated heterocycles. The summed E-state index contributed by atoms with van der Waals surface area (Å²) in [5, 5.41) is 4.27. The standard InChI is InChI=1S/C11H21N3O/c1-3-15-6-4-5-14-9-11(8-13-14)7-10(2)12/h8-10H,3-7,12H2,1-2H3. The van der Waals surface area contributed by atoms with Crippen LogP contribution in [0, 0.1) is 0 Å². The fourth-order valence-electron chi connectivity index (χ4n) is 1.48. The molecule has 0 aliphatic carbocycles. The molecule has 0 amide bonds. The molecule has 1 atom stereocenters. The highest BCUT2D eigenvalue weighted by molar-refractivity contribution is 5.05. The summed E-state index contributed by atoms with van der Waals surface area (Å²) in [7, 11) is 0. The van der Waals surface area contributed by atoms with Gasteiger partial charge in [-0.3, -0.25) is 4.68 Å². The van der Waals surface area contributed by atoms with Crippen LogP contribution in [0.4, 0.5) is 0 Å². The van der Waals surface area contributed by atoms with Crippen molar-refractivity contribution in [1.29, 1.82) is 0 Å². The highest BCUT2D eigenvalue weighted by atomic mass is 16.5. The molecule has 0 aliphatic heterocycles. The zero-order chi connectivity index (χ0) is 11.1. The van der Waals surface area contributed by atoms with Gasteiger partial charge >= 0.3 is 0 Å². The van der Waals surface area contributed by atoms with Crippen LogP contribution in [-0.2, 0) is 17.7 Å². The van der Waals surface area contributed by atoms with Crippen LogP contribution in [0.3, 0.4) is 0 Å². The lowest BCUT2D eigenvalue weighted by Gasteiger charge is -2.02. The fraction of sp³-hybridized carbons (Fsp3) is 0.727. The van der Waals surface area contributed by atoms with Crippen molar-refractivity contribution in [2.45, 2.75) is 39.3 Å². The first-order valence-corrected chi connectivity index (χ1v) is 5.57. The molecule has 0 bridgehead atoms. The van der Waals surface area contributed by atoms with Gasteiger partial charge in [0.15, 0.2) is 0 Å². The Hall–Kier alpha value is -0.870. The number of hydrogen-bond acceptors (Lipinski definition) is 3. The molecule has 1 unspecified atom stereocenters. The summed E-state index contributed by atoms with van der Waals surface area (Å²) >= 11 is 0. The van der Waals surface area contributed by atoms with Gasteiger partial charge in [-0.05, 0) is 32.3 Å². The normalized spacial score (nSPS) is 13.0. The van der Waals surface area contributed by atoms with Crippen molar-refractivity contribution in [1.82, 2.24) is 9.78 Å². The molecule has 0 fully saturated rings. The summed E-state index contributed by atoms with van der Waals surface area (Å²) in [4.78, 5) is 0. The molecule has 15 heavy (non-hydrogen) atoms. The van der Waals surface area contributed by atoms with Crippen molar-refractivity contribution in [2.24, 2.45) is 5.73 Å². The first kappa shape index (κ1) is 12.2. The largest absolute Gasteiger partial charge is 0.382 e. The van der Waals surface area contributed by atoms with Crippen LogP contribution in [0.1, 0.15) is 25.8 Å². The Balaban J connectivity index is 2.26. The van der Waals surface area contributed by atoms with Crippen molar-refractivity contribution < 1.29 is 4.74 Å². The molecule has 0 aliphatic rings. The van der Waals surface area contributed by atoms with Crippen molar-refractivity contribution in [3.63, 3.8) is 0 Å². The van der Waals surface area contributed by atoms with E-state index in [1.54, 1.807) is 0 Å². The van der Waals surface area contributed by atoms with E-state index in [1.807, 2.05) is 24.7 Å². The predicted molar refractivity (Wildman–Crippen MR) is 60.7 cm³/mol. The second-order valence-electron chi connectivity index (χ2n) is 3.84. The molecular formula is C11H21N3O.